The summed E-state index contributed by atoms with van der Waals surface area (Å²) in [5.41, 5.74) is 0. The number of aliphatic hydroxyl groups excluding tert-OH is 2. The Morgan fingerprint density at radius 3 is 2.89 bits per heavy atom. The number of hydrogen-bond acceptors (Lipinski definition) is 6. The van der Waals surface area contributed by atoms with Crippen molar-refractivity contribution in [2.45, 2.75) is 56.3 Å². The van der Waals surface area contributed by atoms with E-state index in [1.54, 1.807) is 0 Å². The van der Waals surface area contributed by atoms with Crippen LogP contribution in [0.4, 0.5) is 0 Å². The summed E-state index contributed by atoms with van der Waals surface area (Å²) < 4.78 is 5.04. The Morgan fingerprint density at radius 2 is 2.21 bits per heavy atom. The maximum absolute atomic E-state index is 11.4. The molecule has 1 aliphatic rings. The van der Waals surface area contributed by atoms with Gasteiger partial charge in [-0.15, -0.1) is 0 Å². The number of carbonyl (C=O) groups excluding carboxylic acids is 1. The van der Waals surface area contributed by atoms with E-state index >= 15 is 0 Å². The first kappa shape index (κ1) is 17.1. The molecule has 1 fully saturated rings. The van der Waals surface area contributed by atoms with Crippen molar-refractivity contribution in [3.05, 3.63) is 0 Å². The molecule has 0 unspecified atom stereocenters. The molecule has 112 valence electrons. The molecule has 0 saturated carbocycles. The van der Waals surface area contributed by atoms with Crippen molar-refractivity contribution in [1.29, 1.82) is 0 Å². The third kappa shape index (κ3) is 8.78. The zero-order chi connectivity index (χ0) is 13.9. The largest absolute Gasteiger partial charge is 0.466 e. The average Bonchev–Trinajstić information content (AvgIpc) is 2.88. The number of carbonyl (C=O) groups is 1. The normalized spacial score (nSPS) is 20.4. The van der Waals surface area contributed by atoms with Crippen LogP contribution in [-0.2, 0) is 9.53 Å². The van der Waals surface area contributed by atoms with Crippen molar-refractivity contribution >= 4 is 27.6 Å². The van der Waals surface area contributed by atoms with Gasteiger partial charge in [-0.25, -0.2) is 0 Å². The van der Waals surface area contributed by atoms with Crippen LogP contribution in [0.15, 0.2) is 0 Å². The SMILES string of the molecule is O=C(CCCC[C@@H]1CCSS1)OCC[C@H](O)CCO. The summed E-state index contributed by atoms with van der Waals surface area (Å²) in [6, 6.07) is 0. The van der Waals surface area contributed by atoms with Crippen LogP contribution in [0.25, 0.3) is 0 Å². The van der Waals surface area contributed by atoms with Crippen LogP contribution in [0.2, 0.25) is 0 Å². The van der Waals surface area contributed by atoms with Crippen molar-refractivity contribution in [2.75, 3.05) is 19.0 Å². The molecule has 6 heteroatoms. The standard InChI is InChI=1S/C13H24O4S2/c14-8-5-11(15)6-9-17-13(16)4-2-1-3-12-7-10-18-19-12/h11-12,14-15H,1-10H2/t11-,12-/m1/s1. The van der Waals surface area contributed by atoms with Crippen molar-refractivity contribution < 1.29 is 19.7 Å². The molecule has 4 nitrogen and oxygen atoms in total. The second-order valence-electron chi connectivity index (χ2n) is 4.75. The van der Waals surface area contributed by atoms with Crippen LogP contribution >= 0.6 is 21.6 Å². The lowest BCUT2D eigenvalue weighted by Gasteiger charge is -2.09. The fraction of sp³-hybridized carbons (Fsp3) is 0.923. The van der Waals surface area contributed by atoms with Gasteiger partial charge in [0.25, 0.3) is 0 Å². The lowest BCUT2D eigenvalue weighted by atomic mass is 10.1. The molecule has 0 aliphatic carbocycles. The molecule has 0 aromatic heterocycles. The minimum atomic E-state index is -0.574. The number of rotatable bonds is 10. The van der Waals surface area contributed by atoms with E-state index in [1.807, 2.05) is 21.6 Å². The molecular weight excluding hydrogens is 284 g/mol. The third-order valence-electron chi connectivity index (χ3n) is 3.06. The van der Waals surface area contributed by atoms with Gasteiger partial charge >= 0.3 is 5.97 Å². The van der Waals surface area contributed by atoms with Gasteiger partial charge in [-0.1, -0.05) is 28.0 Å². The van der Waals surface area contributed by atoms with Gasteiger partial charge in [0.05, 0.1) is 12.7 Å². The molecule has 0 aromatic carbocycles. The number of hydrogen-bond donors (Lipinski definition) is 2. The Morgan fingerprint density at radius 1 is 1.37 bits per heavy atom. The second kappa shape index (κ2) is 10.8. The Bertz CT molecular complexity index is 245. The van der Waals surface area contributed by atoms with Crippen molar-refractivity contribution in [1.82, 2.24) is 0 Å². The summed E-state index contributed by atoms with van der Waals surface area (Å²) in [4.78, 5) is 11.4. The van der Waals surface area contributed by atoms with Crippen LogP contribution < -0.4 is 0 Å². The summed E-state index contributed by atoms with van der Waals surface area (Å²) in [7, 11) is 3.92. The summed E-state index contributed by atoms with van der Waals surface area (Å²) in [6.45, 7) is 0.210. The molecule has 19 heavy (non-hydrogen) atoms. The third-order valence-corrected chi connectivity index (χ3v) is 6.07. The highest BCUT2D eigenvalue weighted by atomic mass is 33.1. The molecule has 1 saturated heterocycles. The Kier molecular flexibility index (Phi) is 9.77. The van der Waals surface area contributed by atoms with E-state index in [0.29, 0.717) is 19.3 Å². The molecule has 0 spiro atoms. The quantitative estimate of drug-likeness (QED) is 0.367. The van der Waals surface area contributed by atoms with Gasteiger partial charge in [0.2, 0.25) is 0 Å². The van der Waals surface area contributed by atoms with Crippen LogP contribution in [-0.4, -0.2) is 46.5 Å². The van der Waals surface area contributed by atoms with E-state index in [2.05, 4.69) is 0 Å². The highest BCUT2D eigenvalue weighted by Crippen LogP contribution is 2.39. The van der Waals surface area contributed by atoms with Gasteiger partial charge in [-0.05, 0) is 25.7 Å². The average molecular weight is 308 g/mol. The summed E-state index contributed by atoms with van der Waals surface area (Å²) >= 11 is 0. The first-order valence-corrected chi connectivity index (χ1v) is 9.33. The number of aliphatic hydroxyl groups is 2. The molecule has 0 aromatic rings. The zero-order valence-electron chi connectivity index (χ0n) is 11.3. The fourth-order valence-electron chi connectivity index (χ4n) is 1.88. The first-order chi connectivity index (χ1) is 9.22. The van der Waals surface area contributed by atoms with Gasteiger partial charge in [0, 0.05) is 30.5 Å². The lowest BCUT2D eigenvalue weighted by molar-refractivity contribution is -0.144. The Balaban J connectivity index is 1.89. The number of esters is 1. The molecule has 0 radical (unpaired) electrons. The van der Waals surface area contributed by atoms with Crippen LogP contribution in [0.1, 0.15) is 44.9 Å². The second-order valence-corrected chi connectivity index (χ2v) is 7.54. The summed E-state index contributed by atoms with van der Waals surface area (Å²) in [6.07, 6.45) is 5.11. The van der Waals surface area contributed by atoms with Gasteiger partial charge in [-0.2, -0.15) is 0 Å². The molecular formula is C13H24O4S2. The Labute approximate surface area is 123 Å². The van der Waals surface area contributed by atoms with Crippen molar-refractivity contribution in [2.24, 2.45) is 0 Å². The first-order valence-electron chi connectivity index (χ1n) is 6.95. The summed E-state index contributed by atoms with van der Waals surface area (Å²) in [5, 5.41) is 18.7. The minimum absolute atomic E-state index is 0.0351. The maximum Gasteiger partial charge on any atom is 0.305 e. The van der Waals surface area contributed by atoms with Crippen molar-refractivity contribution in [3.63, 3.8) is 0 Å². The predicted molar refractivity (Wildman–Crippen MR) is 80.2 cm³/mol. The van der Waals surface area contributed by atoms with E-state index < -0.39 is 6.10 Å². The smallest absolute Gasteiger partial charge is 0.305 e. The van der Waals surface area contributed by atoms with E-state index in [1.165, 1.54) is 18.6 Å². The Hall–Kier alpha value is 0.0900. The predicted octanol–water partition coefficient (Wildman–Crippen LogP) is 2.38. The van der Waals surface area contributed by atoms with E-state index in [0.717, 1.165) is 18.1 Å². The minimum Gasteiger partial charge on any atom is -0.466 e. The fourth-order valence-corrected chi connectivity index (χ4v) is 4.91. The number of ether oxygens (including phenoxy) is 1. The van der Waals surface area contributed by atoms with Crippen LogP contribution in [0.3, 0.4) is 0 Å². The van der Waals surface area contributed by atoms with Gasteiger partial charge in [0.1, 0.15) is 0 Å². The van der Waals surface area contributed by atoms with E-state index in [-0.39, 0.29) is 19.2 Å². The van der Waals surface area contributed by atoms with E-state index in [9.17, 15) is 9.90 Å². The summed E-state index contributed by atoms with van der Waals surface area (Å²) in [5.74, 6) is 1.08. The van der Waals surface area contributed by atoms with Gasteiger partial charge in [0.15, 0.2) is 0 Å². The van der Waals surface area contributed by atoms with Crippen molar-refractivity contribution in [3.8, 4) is 0 Å². The zero-order valence-corrected chi connectivity index (χ0v) is 12.9. The molecule has 1 aliphatic heterocycles. The molecule has 0 bridgehead atoms. The molecule has 0 amide bonds. The molecule has 2 N–H and O–H groups in total. The molecule has 1 rings (SSSR count). The van der Waals surface area contributed by atoms with Crippen LogP contribution in [0.5, 0.6) is 0 Å². The van der Waals surface area contributed by atoms with E-state index in [4.69, 9.17) is 9.84 Å². The number of unbranched alkanes of at least 4 members (excludes halogenated alkanes) is 1. The maximum atomic E-state index is 11.4. The molecule has 1 heterocycles. The highest BCUT2D eigenvalue weighted by Gasteiger charge is 2.16. The van der Waals surface area contributed by atoms with Gasteiger partial charge in [-0.3, -0.25) is 4.79 Å². The lowest BCUT2D eigenvalue weighted by Crippen LogP contribution is -2.14. The van der Waals surface area contributed by atoms with Crippen LogP contribution in [0, 0.1) is 0 Å². The monoisotopic (exact) mass is 308 g/mol. The topological polar surface area (TPSA) is 66.8 Å². The molecule has 2 atom stereocenters. The highest BCUT2D eigenvalue weighted by molar-refractivity contribution is 8.77. The van der Waals surface area contributed by atoms with Gasteiger partial charge < -0.3 is 14.9 Å².